The molecule has 3 aromatic carbocycles. The molecule has 6 nitrogen and oxygen atoms in total. The molecule has 0 bridgehead atoms. The van der Waals surface area contributed by atoms with Crippen molar-refractivity contribution in [1.29, 1.82) is 0 Å². The second-order valence-electron chi connectivity index (χ2n) is 9.66. The first-order chi connectivity index (χ1) is 18.2. The smallest absolute Gasteiger partial charge is 0.270 e. The fraction of sp³-hybridized carbons (Fsp3) is 0.286. The Hall–Kier alpha value is -3.73. The molecule has 1 aliphatic rings. The number of carbonyl (C=O) groups excluding carboxylic acids is 2. The Morgan fingerprint density at radius 3 is 2.31 bits per heavy atom. The van der Waals surface area contributed by atoms with E-state index in [9.17, 15) is 26.8 Å². The molecule has 0 spiro atoms. The van der Waals surface area contributed by atoms with Crippen LogP contribution in [-0.2, 0) is 32.0 Å². The van der Waals surface area contributed by atoms with Gasteiger partial charge in [-0.15, -0.1) is 0 Å². The lowest BCUT2D eigenvalue weighted by molar-refractivity contribution is -0.125. The first-order valence-electron chi connectivity index (χ1n) is 12.1. The molecular weight excluding hydrogens is 536 g/mol. The van der Waals surface area contributed by atoms with E-state index in [2.05, 4.69) is 4.72 Å². The average Bonchev–Trinajstić information content (AvgIpc) is 3.19. The van der Waals surface area contributed by atoms with Crippen LogP contribution >= 0.6 is 0 Å². The molecule has 11 heteroatoms. The molecule has 3 aromatic rings. The Morgan fingerprint density at radius 2 is 1.67 bits per heavy atom. The van der Waals surface area contributed by atoms with E-state index in [0.29, 0.717) is 5.56 Å². The number of alkyl halides is 2. The van der Waals surface area contributed by atoms with Crippen molar-refractivity contribution in [2.24, 2.45) is 5.92 Å². The summed E-state index contributed by atoms with van der Waals surface area (Å²) < 4.78 is 82.8. The molecule has 0 saturated carbocycles. The number of nitrogens with one attached hydrogen (secondary N) is 1. The van der Waals surface area contributed by atoms with Gasteiger partial charge in [0.1, 0.15) is 5.78 Å². The van der Waals surface area contributed by atoms with Crippen LogP contribution in [0.5, 0.6) is 0 Å². The minimum Gasteiger partial charge on any atom is -0.309 e. The summed E-state index contributed by atoms with van der Waals surface area (Å²) in [6, 6.07) is 13.9. The lowest BCUT2D eigenvalue weighted by Crippen LogP contribution is -2.29. The third kappa shape index (κ3) is 6.47. The van der Waals surface area contributed by atoms with Crippen molar-refractivity contribution in [1.82, 2.24) is 0 Å². The van der Waals surface area contributed by atoms with Crippen molar-refractivity contribution >= 4 is 33.1 Å². The van der Waals surface area contributed by atoms with Gasteiger partial charge in [0.15, 0.2) is 11.6 Å². The van der Waals surface area contributed by atoms with E-state index in [-0.39, 0.29) is 59.7 Å². The van der Waals surface area contributed by atoms with Gasteiger partial charge in [0.2, 0.25) is 15.9 Å². The number of para-hydroxylation sites is 1. The molecule has 206 valence electrons. The van der Waals surface area contributed by atoms with E-state index >= 15 is 8.78 Å². The summed E-state index contributed by atoms with van der Waals surface area (Å²) in [5.74, 6) is -7.03. The van der Waals surface area contributed by atoms with Gasteiger partial charge in [-0.05, 0) is 30.2 Å². The Labute approximate surface area is 223 Å². The summed E-state index contributed by atoms with van der Waals surface area (Å²) in [6.07, 6.45) is 1.04. The maximum absolute atomic E-state index is 15.2. The van der Waals surface area contributed by atoms with Gasteiger partial charge in [-0.3, -0.25) is 14.3 Å². The summed E-state index contributed by atoms with van der Waals surface area (Å²) in [5.41, 5.74) is 0.0900. The molecule has 0 aliphatic carbocycles. The first kappa shape index (κ1) is 28.3. The molecule has 0 aromatic heterocycles. The van der Waals surface area contributed by atoms with E-state index < -0.39 is 39.4 Å². The van der Waals surface area contributed by atoms with Crippen molar-refractivity contribution in [2.75, 3.05) is 22.4 Å². The number of benzene rings is 3. The Bertz CT molecular complexity index is 1520. The number of Topliss-reactive ketones (excluding diaryl/α,β-unsaturated/α-hetero) is 1. The monoisotopic (exact) mass is 562 g/mol. The molecule has 1 amide bonds. The third-order valence-electron chi connectivity index (χ3n) is 6.52. The van der Waals surface area contributed by atoms with Gasteiger partial charge in [-0.2, -0.15) is 0 Å². The number of hydrogen-bond donors (Lipinski definition) is 1. The Morgan fingerprint density at radius 1 is 1.00 bits per heavy atom. The normalized spacial score (nSPS) is 16.0. The highest BCUT2D eigenvalue weighted by molar-refractivity contribution is 7.92. The number of hydrogen-bond acceptors (Lipinski definition) is 4. The number of sulfonamides is 1. The highest BCUT2D eigenvalue weighted by Crippen LogP contribution is 2.37. The highest BCUT2D eigenvalue weighted by Gasteiger charge is 2.36. The van der Waals surface area contributed by atoms with E-state index in [1.54, 1.807) is 12.1 Å². The lowest BCUT2D eigenvalue weighted by Gasteiger charge is -2.19. The van der Waals surface area contributed by atoms with Crippen LogP contribution in [0.1, 0.15) is 30.9 Å². The zero-order valence-electron chi connectivity index (χ0n) is 21.2. The fourth-order valence-corrected chi connectivity index (χ4v) is 5.20. The topological polar surface area (TPSA) is 83.6 Å². The maximum Gasteiger partial charge on any atom is 0.270 e. The Balaban J connectivity index is 1.48. The molecule has 1 N–H and O–H groups in total. The number of rotatable bonds is 9. The molecule has 0 radical (unpaired) electrons. The second kappa shape index (κ2) is 10.8. The number of anilines is 2. The minimum absolute atomic E-state index is 0.0437. The zero-order chi connectivity index (χ0) is 28.5. The SMILES string of the molecule is CC(F)(F)c1ccc(CC(=O)C[C@@H]2CCN(c3ccc(-c4ccccc4NS(C)(=O)=O)c(F)c3F)C2=O)cc1. The van der Waals surface area contributed by atoms with Crippen LogP contribution in [0.2, 0.25) is 0 Å². The van der Waals surface area contributed by atoms with Gasteiger partial charge in [0, 0.05) is 48.9 Å². The minimum atomic E-state index is -3.68. The molecule has 1 atom stereocenters. The molecule has 1 heterocycles. The van der Waals surface area contributed by atoms with Crippen LogP contribution in [0.25, 0.3) is 11.1 Å². The maximum atomic E-state index is 15.2. The molecule has 4 rings (SSSR count). The van der Waals surface area contributed by atoms with Gasteiger partial charge in [0.05, 0.1) is 17.6 Å². The van der Waals surface area contributed by atoms with Gasteiger partial charge in [-0.25, -0.2) is 26.0 Å². The van der Waals surface area contributed by atoms with Crippen LogP contribution in [0.4, 0.5) is 28.9 Å². The number of nitrogens with zero attached hydrogens (tertiary/aromatic N) is 1. The van der Waals surface area contributed by atoms with E-state index in [1.807, 2.05) is 0 Å². The number of carbonyl (C=O) groups is 2. The predicted octanol–water partition coefficient (Wildman–Crippen LogP) is 5.67. The van der Waals surface area contributed by atoms with Crippen LogP contribution in [-0.4, -0.2) is 32.9 Å². The summed E-state index contributed by atoms with van der Waals surface area (Å²) >= 11 is 0. The fourth-order valence-electron chi connectivity index (χ4n) is 4.62. The van der Waals surface area contributed by atoms with Gasteiger partial charge in [0.25, 0.3) is 5.92 Å². The summed E-state index contributed by atoms with van der Waals surface area (Å²) in [4.78, 5) is 26.7. The second-order valence-corrected chi connectivity index (χ2v) is 11.4. The van der Waals surface area contributed by atoms with Gasteiger partial charge >= 0.3 is 0 Å². The molecule has 39 heavy (non-hydrogen) atoms. The number of ketones is 1. The van der Waals surface area contributed by atoms with Crippen LogP contribution in [0, 0.1) is 17.6 Å². The number of halogens is 4. The van der Waals surface area contributed by atoms with Gasteiger partial charge < -0.3 is 4.90 Å². The van der Waals surface area contributed by atoms with Crippen molar-refractivity contribution in [2.45, 2.75) is 32.1 Å². The van der Waals surface area contributed by atoms with E-state index in [1.165, 1.54) is 48.5 Å². The molecule has 1 saturated heterocycles. The van der Waals surface area contributed by atoms with Gasteiger partial charge in [-0.1, -0.05) is 42.5 Å². The number of amides is 1. The Kier molecular flexibility index (Phi) is 7.83. The molecule has 1 fully saturated rings. The zero-order valence-corrected chi connectivity index (χ0v) is 22.0. The average molecular weight is 563 g/mol. The van der Waals surface area contributed by atoms with Crippen molar-refractivity contribution in [3.63, 3.8) is 0 Å². The summed E-state index contributed by atoms with van der Waals surface area (Å²) in [6.45, 7) is 0.862. The van der Waals surface area contributed by atoms with Crippen LogP contribution in [0.3, 0.4) is 0 Å². The molecule has 1 aliphatic heterocycles. The van der Waals surface area contributed by atoms with E-state index in [4.69, 9.17) is 0 Å². The lowest BCUT2D eigenvalue weighted by atomic mass is 9.96. The van der Waals surface area contributed by atoms with Crippen molar-refractivity contribution in [3.8, 4) is 11.1 Å². The van der Waals surface area contributed by atoms with Crippen molar-refractivity contribution < 1.29 is 35.6 Å². The summed E-state index contributed by atoms with van der Waals surface area (Å²) in [7, 11) is -3.68. The van der Waals surface area contributed by atoms with Crippen LogP contribution < -0.4 is 9.62 Å². The third-order valence-corrected chi connectivity index (χ3v) is 7.11. The molecule has 0 unspecified atom stereocenters. The highest BCUT2D eigenvalue weighted by atomic mass is 32.2. The van der Waals surface area contributed by atoms with Crippen LogP contribution in [0.15, 0.2) is 60.7 Å². The quantitative estimate of drug-likeness (QED) is 0.341. The first-order valence-corrected chi connectivity index (χ1v) is 14.0. The van der Waals surface area contributed by atoms with E-state index in [0.717, 1.165) is 18.1 Å². The largest absolute Gasteiger partial charge is 0.309 e. The molecular formula is C28H26F4N2O4S. The standard InChI is InChI=1S/C28H26F4N2O4S/c1-28(31,32)19-9-7-17(8-10-19)15-20(35)16-18-13-14-34(27(18)36)24-12-11-22(25(29)26(24)30)21-5-3-4-6-23(21)33-39(2,37)38/h3-12,18,33H,13-16H2,1-2H3/t18-/m0/s1. The van der Waals surface area contributed by atoms with Crippen molar-refractivity contribution in [3.05, 3.63) is 83.4 Å². The summed E-state index contributed by atoms with van der Waals surface area (Å²) in [5, 5.41) is 0. The predicted molar refractivity (Wildman–Crippen MR) is 140 cm³/mol.